The number of aromatic nitrogens is 2. The van der Waals surface area contributed by atoms with Gasteiger partial charge >= 0.3 is 24.1 Å². The van der Waals surface area contributed by atoms with E-state index in [1.54, 1.807) is 62.8 Å². The summed E-state index contributed by atoms with van der Waals surface area (Å²) in [5.41, 5.74) is 8.14. The van der Waals surface area contributed by atoms with Crippen molar-refractivity contribution in [2.45, 2.75) is 64.5 Å². The highest BCUT2D eigenvalue weighted by molar-refractivity contribution is 5.79. The van der Waals surface area contributed by atoms with Gasteiger partial charge in [0.1, 0.15) is 47.6 Å². The zero-order valence-corrected chi connectivity index (χ0v) is 44.7. The number of rotatable bonds is 20. The summed E-state index contributed by atoms with van der Waals surface area (Å²) in [7, 11) is 4.40. The maximum Gasteiger partial charge on any atom is 0.416 e. The van der Waals surface area contributed by atoms with Crippen molar-refractivity contribution in [1.29, 1.82) is 0 Å². The number of benzene rings is 6. The van der Waals surface area contributed by atoms with Crippen molar-refractivity contribution in [2.24, 2.45) is 11.8 Å². The summed E-state index contributed by atoms with van der Waals surface area (Å²) in [5.74, 6) is 5.24. The number of carbonyl (C=O) groups excluding carboxylic acids is 3. The molecule has 0 unspecified atom stereocenters. The van der Waals surface area contributed by atoms with Crippen LogP contribution in [0.3, 0.4) is 0 Å². The normalized spacial score (nSPS) is 15.9. The number of carbonyl (C=O) groups is 4. The monoisotopic (exact) mass is 1070 g/mol. The van der Waals surface area contributed by atoms with Crippen LogP contribution in [0.5, 0.6) is 23.0 Å². The maximum atomic E-state index is 12.9. The Morgan fingerprint density at radius 3 is 1.27 bits per heavy atom. The molecule has 79 heavy (non-hydrogen) atoms. The summed E-state index contributed by atoms with van der Waals surface area (Å²) < 4.78 is 37.8. The molecule has 0 aliphatic heterocycles. The van der Waals surface area contributed by atoms with E-state index in [0.29, 0.717) is 58.5 Å². The van der Waals surface area contributed by atoms with Crippen molar-refractivity contribution in [3.63, 3.8) is 0 Å². The Labute approximate surface area is 458 Å². The molecular formula is C63H62N4O12. The Hall–Kier alpha value is -9.18. The Morgan fingerprint density at radius 2 is 0.899 bits per heavy atom. The van der Waals surface area contributed by atoms with Gasteiger partial charge in [-0.2, -0.15) is 0 Å². The molecular weight excluding hydrogens is 1000 g/mol. The van der Waals surface area contributed by atoms with Crippen molar-refractivity contribution >= 4 is 24.1 Å². The number of esters is 1. The Morgan fingerprint density at radius 1 is 0.519 bits per heavy atom. The lowest BCUT2D eigenvalue weighted by atomic mass is 10.0. The fraction of sp³-hybridized carbons (Fsp3) is 0.270. The number of oxazole rings is 2. The smallest absolute Gasteiger partial charge is 0.416 e. The predicted octanol–water partition coefficient (Wildman–Crippen LogP) is 12.3. The van der Waals surface area contributed by atoms with Crippen LogP contribution < -0.4 is 18.9 Å². The van der Waals surface area contributed by atoms with Crippen molar-refractivity contribution in [3.8, 4) is 45.9 Å². The number of nitrogens with zero attached hydrogens (tertiary/aromatic N) is 4. The average Bonchev–Trinajstić information content (AvgIpc) is 4.36. The molecule has 10 rings (SSSR count). The Balaban J connectivity index is 0.000000192. The van der Waals surface area contributed by atoms with Crippen LogP contribution in [0.25, 0.3) is 22.9 Å². The second-order valence-corrected chi connectivity index (χ2v) is 19.6. The third-order valence-corrected chi connectivity index (χ3v) is 14.1. The van der Waals surface area contributed by atoms with E-state index < -0.39 is 30.7 Å². The molecule has 2 aliphatic carbocycles. The number of hydrogen-bond acceptors (Lipinski definition) is 13. The van der Waals surface area contributed by atoms with Gasteiger partial charge in [-0.15, -0.1) is 0 Å². The van der Waals surface area contributed by atoms with Gasteiger partial charge in [0.25, 0.3) is 0 Å². The van der Waals surface area contributed by atoms with Crippen molar-refractivity contribution in [2.75, 3.05) is 34.4 Å². The van der Waals surface area contributed by atoms with Crippen LogP contribution in [0.2, 0.25) is 0 Å². The third-order valence-electron chi connectivity index (χ3n) is 14.1. The van der Waals surface area contributed by atoms with Crippen LogP contribution >= 0.6 is 0 Å². The first kappa shape index (κ1) is 54.6. The number of hydrogen-bond donors (Lipinski definition) is 1. The highest BCUT2D eigenvalue weighted by atomic mass is 16.6. The summed E-state index contributed by atoms with van der Waals surface area (Å²) in [6.07, 6.45) is 2.53. The number of aliphatic carboxylic acids is 1. The largest absolute Gasteiger partial charge is 0.497 e. The van der Waals surface area contributed by atoms with Gasteiger partial charge in [-0.3, -0.25) is 19.4 Å². The summed E-state index contributed by atoms with van der Waals surface area (Å²) in [5, 5.41) is 9.33. The average molecular weight is 1070 g/mol. The van der Waals surface area contributed by atoms with Gasteiger partial charge in [0.2, 0.25) is 11.8 Å². The molecule has 2 heterocycles. The number of ether oxygens (including phenoxy) is 5. The van der Waals surface area contributed by atoms with E-state index >= 15 is 0 Å². The summed E-state index contributed by atoms with van der Waals surface area (Å²) >= 11 is 0. The SMILES string of the molecule is COC(=O)CN(Cc1ccc([C@H]2C[C@H]2Cc2nc(-c3ccccc3)oc2C)cc1)C(=O)Oc1ccc(OC)cc1.COc1ccc(OC(=O)N(CC(=O)O)Cc2ccc([C@H]3C[C@H]3Cc3nc(-c4ccccc4)oc3C)cc2)cc1. The Kier molecular flexibility index (Phi) is 17.5. The summed E-state index contributed by atoms with van der Waals surface area (Å²) in [4.78, 5) is 61.0. The molecule has 2 aliphatic rings. The number of methoxy groups -OCH3 is 3. The zero-order valence-electron chi connectivity index (χ0n) is 44.7. The molecule has 0 spiro atoms. The molecule has 16 nitrogen and oxygen atoms in total. The highest BCUT2D eigenvalue weighted by Crippen LogP contribution is 2.50. The summed E-state index contributed by atoms with van der Waals surface area (Å²) in [6.45, 7) is 3.57. The molecule has 6 aromatic carbocycles. The van der Waals surface area contributed by atoms with E-state index in [1.807, 2.05) is 98.8 Å². The van der Waals surface area contributed by atoms with Crippen molar-refractivity contribution in [3.05, 3.63) is 203 Å². The number of aryl methyl sites for hydroxylation is 2. The van der Waals surface area contributed by atoms with Gasteiger partial charge in [0.15, 0.2) is 0 Å². The van der Waals surface area contributed by atoms with E-state index in [1.165, 1.54) is 28.0 Å². The molecule has 0 radical (unpaired) electrons. The summed E-state index contributed by atoms with van der Waals surface area (Å²) in [6, 6.07) is 49.2. The van der Waals surface area contributed by atoms with Gasteiger partial charge in [-0.25, -0.2) is 19.6 Å². The topological polar surface area (TPSA) is 193 Å². The van der Waals surface area contributed by atoms with E-state index in [9.17, 15) is 24.3 Å². The lowest BCUT2D eigenvalue weighted by Gasteiger charge is -2.21. The molecule has 2 aromatic heterocycles. The maximum absolute atomic E-state index is 12.9. The highest BCUT2D eigenvalue weighted by Gasteiger charge is 2.40. The van der Waals surface area contributed by atoms with E-state index in [-0.39, 0.29) is 19.6 Å². The second-order valence-electron chi connectivity index (χ2n) is 19.6. The molecule has 0 saturated heterocycles. The fourth-order valence-electron chi connectivity index (χ4n) is 9.46. The lowest BCUT2D eigenvalue weighted by molar-refractivity contribution is -0.141. The van der Waals surface area contributed by atoms with Gasteiger partial charge < -0.3 is 37.6 Å². The molecule has 2 saturated carbocycles. The minimum absolute atomic E-state index is 0.121. The first-order chi connectivity index (χ1) is 38.3. The molecule has 0 bridgehead atoms. The molecule has 1 N–H and O–H groups in total. The quantitative estimate of drug-likeness (QED) is 0.0708. The van der Waals surface area contributed by atoms with Crippen LogP contribution in [0, 0.1) is 25.7 Å². The number of carboxylic acids is 1. The number of carboxylic acid groups (broad SMARTS) is 1. The third kappa shape index (κ3) is 14.7. The molecule has 4 atom stereocenters. The first-order valence-electron chi connectivity index (χ1n) is 26.0. The Bertz CT molecular complexity index is 3330. The molecule has 8 aromatic rings. The van der Waals surface area contributed by atoms with Crippen LogP contribution in [-0.2, 0) is 40.3 Å². The minimum atomic E-state index is -1.11. The standard InChI is InChI=1S/C32H32N2O6.C31H30N2O6/c1-21-29(33-31(39-21)24-7-5-4-6-8-24)18-25-17-28(25)23-11-9-22(10-12-23)19-34(20-30(35)38-3)32(36)40-27-15-13-26(37-2)14-16-27;1-20-28(32-30(38-20)23-6-4-3-5-7-23)17-24-16-27(24)22-10-8-21(9-11-22)18-33(19-29(34)35)31(36)39-26-14-12-25(37-2)13-15-26/h4-16,25,28H,17-20H2,1-3H3;3-15,24,27H,16-19H2,1-2H3,(H,34,35)/t25-,28+;24-,27+/m00/s1. The molecule has 2 amide bonds. The van der Waals surface area contributed by atoms with Gasteiger partial charge in [-0.05, 0) is 158 Å². The zero-order chi connectivity index (χ0) is 55.4. The van der Waals surface area contributed by atoms with Crippen LogP contribution in [0.15, 0.2) is 167 Å². The van der Waals surface area contributed by atoms with Crippen LogP contribution in [0.1, 0.15) is 69.8 Å². The molecule has 406 valence electrons. The van der Waals surface area contributed by atoms with Gasteiger partial charge in [0.05, 0.1) is 32.7 Å². The van der Waals surface area contributed by atoms with Gasteiger partial charge in [-0.1, -0.05) is 84.9 Å². The van der Waals surface area contributed by atoms with Crippen molar-refractivity contribution in [1.82, 2.24) is 19.8 Å². The van der Waals surface area contributed by atoms with E-state index in [4.69, 9.17) is 42.5 Å². The van der Waals surface area contributed by atoms with Crippen LogP contribution in [0.4, 0.5) is 9.59 Å². The van der Waals surface area contributed by atoms with E-state index in [2.05, 4.69) is 24.3 Å². The van der Waals surface area contributed by atoms with E-state index in [0.717, 1.165) is 70.8 Å². The van der Waals surface area contributed by atoms with Gasteiger partial charge in [0, 0.05) is 24.2 Å². The molecule has 16 heteroatoms. The molecule has 2 fully saturated rings. The fourth-order valence-corrected chi connectivity index (χ4v) is 9.46. The first-order valence-corrected chi connectivity index (χ1v) is 26.0. The second kappa shape index (κ2) is 25.3. The minimum Gasteiger partial charge on any atom is -0.497 e. The lowest BCUT2D eigenvalue weighted by Crippen LogP contribution is -2.37. The predicted molar refractivity (Wildman–Crippen MR) is 294 cm³/mol. The van der Waals surface area contributed by atoms with Crippen LogP contribution in [-0.4, -0.2) is 83.4 Å². The number of amides is 2. The van der Waals surface area contributed by atoms with Crippen molar-refractivity contribution < 1.29 is 56.8 Å².